The predicted molar refractivity (Wildman–Crippen MR) is 75.0 cm³/mol. The monoisotopic (exact) mass is 286 g/mol. The highest BCUT2D eigenvalue weighted by atomic mass is 19.1. The summed E-state index contributed by atoms with van der Waals surface area (Å²) in [5.41, 5.74) is 7.07. The minimum Gasteiger partial charge on any atom is -0.399 e. The van der Waals surface area contributed by atoms with Gasteiger partial charge in [0.15, 0.2) is 5.65 Å². The Labute approximate surface area is 120 Å². The molecule has 2 aromatic heterocycles. The normalized spacial score (nSPS) is 16.0. The fraction of sp³-hybridized carbons (Fsp3) is 0.214. The summed E-state index contributed by atoms with van der Waals surface area (Å²) in [4.78, 5) is 8.09. The molecular formula is C14H12FN5O. The van der Waals surface area contributed by atoms with Crippen LogP contribution in [0.5, 0.6) is 0 Å². The molecule has 4 rings (SSSR count). The van der Waals surface area contributed by atoms with Crippen molar-refractivity contribution in [1.82, 2.24) is 19.7 Å². The average Bonchev–Trinajstić information content (AvgIpc) is 2.78. The zero-order valence-corrected chi connectivity index (χ0v) is 11.0. The summed E-state index contributed by atoms with van der Waals surface area (Å²) in [5.74, 6) is -0.486. The highest BCUT2D eigenvalue weighted by Crippen LogP contribution is 2.32. The topological polar surface area (TPSA) is 78.9 Å². The van der Waals surface area contributed by atoms with Gasteiger partial charge in [-0.05, 0) is 18.2 Å². The van der Waals surface area contributed by atoms with E-state index in [1.165, 1.54) is 12.4 Å². The van der Waals surface area contributed by atoms with Crippen molar-refractivity contribution in [2.45, 2.75) is 6.04 Å². The first-order valence-electron chi connectivity index (χ1n) is 6.98. The number of nitrogens with zero attached hydrogens (tertiary/aromatic N) is 4. The predicted octanol–water partition coefficient (Wildman–Crippen LogP) is 1.79. The first-order valence-corrected chi connectivity index (χ1v) is 6.48. The number of aromatic nitrogens is 4. The Morgan fingerprint density at radius 2 is 2.29 bits per heavy atom. The van der Waals surface area contributed by atoms with Gasteiger partial charge < -0.3 is 10.5 Å². The van der Waals surface area contributed by atoms with E-state index in [-0.39, 0.29) is 17.8 Å². The van der Waals surface area contributed by atoms with Crippen molar-refractivity contribution in [3.63, 3.8) is 0 Å². The molecule has 1 aliphatic rings. The Morgan fingerprint density at radius 1 is 1.43 bits per heavy atom. The molecule has 1 aromatic carbocycles. The molecule has 0 saturated carbocycles. The Bertz CT molecular complexity index is 877. The number of nitrogen functional groups attached to an aromatic ring is 1. The lowest BCUT2D eigenvalue weighted by atomic mass is 10.1. The van der Waals surface area contributed by atoms with Gasteiger partial charge in [-0.15, -0.1) is 0 Å². The molecule has 1 saturated heterocycles. The summed E-state index contributed by atoms with van der Waals surface area (Å²) >= 11 is 0. The second-order valence-corrected chi connectivity index (χ2v) is 4.91. The third-order valence-electron chi connectivity index (χ3n) is 3.51. The molecule has 0 unspecified atom stereocenters. The summed E-state index contributed by atoms with van der Waals surface area (Å²) in [6, 6.07) is 4.44. The second-order valence-electron chi connectivity index (χ2n) is 4.91. The van der Waals surface area contributed by atoms with Crippen molar-refractivity contribution >= 4 is 16.7 Å². The highest BCUT2D eigenvalue weighted by Gasteiger charge is 2.26. The largest absolute Gasteiger partial charge is 0.399 e. The van der Waals surface area contributed by atoms with E-state index < -0.39 is 5.82 Å². The van der Waals surface area contributed by atoms with Gasteiger partial charge in [-0.25, -0.2) is 19.0 Å². The van der Waals surface area contributed by atoms with Crippen LogP contribution in [0.2, 0.25) is 0 Å². The standard InChI is InChI=1S/C14H12FN5O/c15-12-3-8(16)1-2-10(12)13-11-4-17-7-18-14(11)20(19-13)9-5-21-6-9/h1-4,7,9H,5-6,16H2/i4D. The molecule has 0 atom stereocenters. The molecule has 21 heavy (non-hydrogen) atoms. The molecule has 1 fully saturated rings. The maximum atomic E-state index is 14.2. The van der Waals surface area contributed by atoms with E-state index in [1.807, 2.05) is 0 Å². The summed E-state index contributed by atoms with van der Waals surface area (Å²) in [7, 11) is 0. The van der Waals surface area contributed by atoms with Crippen LogP contribution in [0.3, 0.4) is 0 Å². The minimum atomic E-state index is -0.486. The fourth-order valence-corrected chi connectivity index (χ4v) is 2.36. The molecule has 6 nitrogen and oxygen atoms in total. The Balaban J connectivity index is 2.00. The number of nitrogens with two attached hydrogens (primary N) is 1. The van der Waals surface area contributed by atoms with Crippen LogP contribution in [-0.4, -0.2) is 33.0 Å². The summed E-state index contributed by atoms with van der Waals surface area (Å²) in [6.45, 7) is 1.05. The van der Waals surface area contributed by atoms with Crippen LogP contribution in [-0.2, 0) is 4.74 Å². The van der Waals surface area contributed by atoms with Gasteiger partial charge in [0.05, 0.1) is 20.0 Å². The Morgan fingerprint density at radius 3 is 3.00 bits per heavy atom. The van der Waals surface area contributed by atoms with Crippen molar-refractivity contribution in [3.05, 3.63) is 36.5 Å². The molecule has 3 aromatic rings. The van der Waals surface area contributed by atoms with Gasteiger partial charge in [-0.3, -0.25) is 0 Å². The van der Waals surface area contributed by atoms with E-state index in [4.69, 9.17) is 11.8 Å². The number of rotatable bonds is 2. The molecule has 106 valence electrons. The van der Waals surface area contributed by atoms with Gasteiger partial charge in [-0.1, -0.05) is 0 Å². The summed E-state index contributed by atoms with van der Waals surface area (Å²) in [6.07, 6.45) is 1.33. The summed E-state index contributed by atoms with van der Waals surface area (Å²) < 4.78 is 29.1. The first-order chi connectivity index (χ1) is 10.6. The van der Waals surface area contributed by atoms with Crippen molar-refractivity contribution < 1.29 is 10.5 Å². The van der Waals surface area contributed by atoms with E-state index >= 15 is 0 Å². The van der Waals surface area contributed by atoms with Crippen LogP contribution in [0.1, 0.15) is 7.41 Å². The lowest BCUT2D eigenvalue weighted by molar-refractivity contribution is -0.0268. The smallest absolute Gasteiger partial charge is 0.162 e. The SMILES string of the molecule is [2H]c1ncnc2c1c(-c1ccc(N)cc1F)nn2C1COC1. The van der Waals surface area contributed by atoms with Crippen LogP contribution in [0, 0.1) is 5.82 Å². The van der Waals surface area contributed by atoms with E-state index in [0.717, 1.165) is 0 Å². The van der Waals surface area contributed by atoms with Gasteiger partial charge >= 0.3 is 0 Å². The fourth-order valence-electron chi connectivity index (χ4n) is 2.36. The minimum absolute atomic E-state index is 0.0164. The Kier molecular flexibility index (Phi) is 2.38. The van der Waals surface area contributed by atoms with Crippen LogP contribution < -0.4 is 5.73 Å². The van der Waals surface area contributed by atoms with Gasteiger partial charge in [0.1, 0.15) is 23.9 Å². The van der Waals surface area contributed by atoms with E-state index in [2.05, 4.69) is 15.1 Å². The first kappa shape index (κ1) is 11.2. The third kappa shape index (κ3) is 1.85. The highest BCUT2D eigenvalue weighted by molar-refractivity contribution is 5.91. The quantitative estimate of drug-likeness (QED) is 0.726. The number of benzene rings is 1. The van der Waals surface area contributed by atoms with Crippen LogP contribution >= 0.6 is 0 Å². The molecule has 1 aliphatic heterocycles. The number of ether oxygens (including phenoxy) is 1. The van der Waals surface area contributed by atoms with Gasteiger partial charge in [-0.2, -0.15) is 5.10 Å². The van der Waals surface area contributed by atoms with Crippen molar-refractivity contribution in [1.29, 1.82) is 0 Å². The number of anilines is 1. The van der Waals surface area contributed by atoms with Crippen molar-refractivity contribution in [2.24, 2.45) is 0 Å². The van der Waals surface area contributed by atoms with E-state index in [0.29, 0.717) is 35.6 Å². The molecule has 7 heteroatoms. The maximum absolute atomic E-state index is 14.2. The molecular weight excluding hydrogens is 273 g/mol. The van der Waals surface area contributed by atoms with Crippen molar-refractivity contribution in [3.8, 4) is 11.3 Å². The molecule has 0 aliphatic carbocycles. The molecule has 3 heterocycles. The third-order valence-corrected chi connectivity index (χ3v) is 3.51. The lowest BCUT2D eigenvalue weighted by Crippen LogP contribution is -2.31. The van der Waals surface area contributed by atoms with Crippen molar-refractivity contribution in [2.75, 3.05) is 18.9 Å². The van der Waals surface area contributed by atoms with Crippen LogP contribution in [0.4, 0.5) is 10.1 Å². The Hall–Kier alpha value is -2.54. The van der Waals surface area contributed by atoms with Gasteiger partial charge in [0.2, 0.25) is 0 Å². The van der Waals surface area contributed by atoms with E-state index in [9.17, 15) is 4.39 Å². The number of fused-ring (bicyclic) bond motifs is 1. The van der Waals surface area contributed by atoms with Gasteiger partial charge in [0, 0.05) is 17.4 Å². The van der Waals surface area contributed by atoms with E-state index in [1.54, 1.807) is 16.8 Å². The number of hydrogen-bond donors (Lipinski definition) is 1. The average molecular weight is 286 g/mol. The number of halogens is 1. The molecule has 0 radical (unpaired) electrons. The second kappa shape index (κ2) is 4.49. The maximum Gasteiger partial charge on any atom is 0.162 e. The zero-order chi connectivity index (χ0) is 15.3. The summed E-state index contributed by atoms with van der Waals surface area (Å²) in [5, 5.41) is 4.90. The van der Waals surface area contributed by atoms with Crippen LogP contribution in [0.15, 0.2) is 30.7 Å². The molecule has 0 spiro atoms. The van der Waals surface area contributed by atoms with Gasteiger partial charge in [0.25, 0.3) is 0 Å². The molecule has 0 amide bonds. The zero-order valence-electron chi connectivity index (χ0n) is 12.0. The lowest BCUT2D eigenvalue weighted by Gasteiger charge is -2.26. The molecule has 2 N–H and O–H groups in total. The number of hydrogen-bond acceptors (Lipinski definition) is 5. The van der Waals surface area contributed by atoms with Crippen LogP contribution in [0.25, 0.3) is 22.3 Å². The molecule has 0 bridgehead atoms.